The number of benzene rings is 8. The van der Waals surface area contributed by atoms with E-state index in [0.29, 0.717) is 0 Å². The van der Waals surface area contributed by atoms with Gasteiger partial charge in [-0.2, -0.15) is 0 Å². The third-order valence-corrected chi connectivity index (χ3v) is 9.52. The first-order chi connectivity index (χ1) is 25.7. The number of para-hydroxylation sites is 1. The van der Waals surface area contributed by atoms with Crippen LogP contribution in [0.5, 0.6) is 0 Å². The van der Waals surface area contributed by atoms with Crippen LogP contribution < -0.4 is 4.90 Å². The molecule has 0 radical (unpaired) electrons. The molecule has 0 amide bonds. The van der Waals surface area contributed by atoms with Gasteiger partial charge in [-0.15, -0.1) is 0 Å². The van der Waals surface area contributed by atoms with E-state index in [0.717, 1.165) is 83.6 Å². The molecule has 0 unspecified atom stereocenters. The number of hydrogen-bond donors (Lipinski definition) is 0. The second-order valence-electron chi connectivity index (χ2n) is 12.8. The molecule has 52 heavy (non-hydrogen) atoms. The average Bonchev–Trinajstić information content (AvgIpc) is 3.22. The highest BCUT2D eigenvalue weighted by atomic mass is 19.1. The maximum Gasteiger partial charge on any atom is 0.123 e. The predicted molar refractivity (Wildman–Crippen MR) is 213 cm³/mol. The van der Waals surface area contributed by atoms with E-state index in [1.165, 1.54) is 12.1 Å². The van der Waals surface area contributed by atoms with Crippen LogP contribution in [0, 0.1) is 5.82 Å². The molecule has 246 valence electrons. The summed E-state index contributed by atoms with van der Waals surface area (Å²) < 4.78 is 13.5. The zero-order valence-corrected chi connectivity index (χ0v) is 28.2. The summed E-state index contributed by atoms with van der Waals surface area (Å²) in [5.74, 6) is -0.236. The second-order valence-corrected chi connectivity index (χ2v) is 12.8. The Balaban J connectivity index is 1.07. The van der Waals surface area contributed by atoms with Crippen LogP contribution in [0.3, 0.4) is 0 Å². The Morgan fingerprint density at radius 2 is 0.827 bits per heavy atom. The van der Waals surface area contributed by atoms with Crippen molar-refractivity contribution in [3.05, 3.63) is 200 Å². The Bertz CT molecular complexity index is 2640. The number of anilines is 3. The molecule has 0 aliphatic heterocycles. The van der Waals surface area contributed by atoms with E-state index in [1.54, 1.807) is 0 Å². The van der Waals surface area contributed by atoms with Crippen LogP contribution in [-0.4, -0.2) is 9.97 Å². The summed E-state index contributed by atoms with van der Waals surface area (Å²) in [5.41, 5.74) is 13.0. The lowest BCUT2D eigenvalue weighted by Crippen LogP contribution is -2.09. The Labute approximate surface area is 302 Å². The zero-order valence-electron chi connectivity index (χ0n) is 28.2. The van der Waals surface area contributed by atoms with Gasteiger partial charge in [0.2, 0.25) is 0 Å². The predicted octanol–water partition coefficient (Wildman–Crippen LogP) is 13.1. The summed E-state index contributed by atoms with van der Waals surface area (Å²) in [6.45, 7) is 0. The number of nitrogens with zero attached hydrogens (tertiary/aromatic N) is 3. The minimum absolute atomic E-state index is 0.236. The van der Waals surface area contributed by atoms with E-state index in [4.69, 9.17) is 9.97 Å². The number of rotatable bonds is 7. The lowest BCUT2D eigenvalue weighted by Gasteiger charge is -2.26. The van der Waals surface area contributed by atoms with Gasteiger partial charge in [-0.3, -0.25) is 0 Å². The third kappa shape index (κ3) is 5.97. The average molecular weight is 670 g/mol. The molecule has 0 spiro atoms. The molecule has 0 fully saturated rings. The first-order valence-corrected chi connectivity index (χ1v) is 17.3. The standard InChI is InChI=1S/C48H32FN3/c49-40-24-16-33(17-25-40)34-18-26-42(27-19-34)52(41-14-8-3-9-15-41)43-28-20-35(21-29-43)38-22-30-44-39(32-38)23-31-45-48(44)51-47(37-12-6-2-7-13-37)46(50-45)36-10-4-1-5-11-36/h1-32H. The van der Waals surface area contributed by atoms with E-state index in [9.17, 15) is 4.39 Å². The van der Waals surface area contributed by atoms with Crippen LogP contribution >= 0.6 is 0 Å². The van der Waals surface area contributed by atoms with Gasteiger partial charge in [-0.1, -0.05) is 133 Å². The topological polar surface area (TPSA) is 29.0 Å². The lowest BCUT2D eigenvalue weighted by atomic mass is 9.99. The minimum atomic E-state index is -0.236. The normalized spacial score (nSPS) is 11.2. The summed E-state index contributed by atoms with van der Waals surface area (Å²) in [6, 6.07) is 65.5. The van der Waals surface area contributed by atoms with Crippen molar-refractivity contribution in [3.8, 4) is 44.8 Å². The summed E-state index contributed by atoms with van der Waals surface area (Å²) in [7, 11) is 0. The Hall–Kier alpha value is -6.91. The molecule has 4 heteroatoms. The Morgan fingerprint density at radius 3 is 1.40 bits per heavy atom. The van der Waals surface area contributed by atoms with Crippen molar-refractivity contribution in [3.63, 3.8) is 0 Å². The molecule has 9 aromatic rings. The monoisotopic (exact) mass is 669 g/mol. The van der Waals surface area contributed by atoms with Crippen molar-refractivity contribution >= 4 is 38.9 Å². The van der Waals surface area contributed by atoms with Gasteiger partial charge in [0.25, 0.3) is 0 Å². The van der Waals surface area contributed by atoms with Crippen molar-refractivity contribution in [2.45, 2.75) is 0 Å². The fraction of sp³-hybridized carbons (Fsp3) is 0. The van der Waals surface area contributed by atoms with Crippen LogP contribution in [-0.2, 0) is 0 Å². The third-order valence-electron chi connectivity index (χ3n) is 9.52. The maximum atomic E-state index is 13.5. The molecule has 9 rings (SSSR count). The van der Waals surface area contributed by atoms with Crippen molar-refractivity contribution in [1.82, 2.24) is 9.97 Å². The van der Waals surface area contributed by atoms with E-state index in [1.807, 2.05) is 54.6 Å². The van der Waals surface area contributed by atoms with Gasteiger partial charge in [-0.05, 0) is 88.3 Å². The lowest BCUT2D eigenvalue weighted by molar-refractivity contribution is 0.628. The summed E-state index contributed by atoms with van der Waals surface area (Å²) in [5, 5.41) is 2.18. The van der Waals surface area contributed by atoms with Crippen molar-refractivity contribution in [1.29, 1.82) is 0 Å². The number of halogens is 1. The summed E-state index contributed by atoms with van der Waals surface area (Å²) in [6.07, 6.45) is 0. The molecular formula is C48H32FN3. The molecule has 0 saturated heterocycles. The van der Waals surface area contributed by atoms with Gasteiger partial charge < -0.3 is 4.90 Å². The molecule has 0 N–H and O–H groups in total. The highest BCUT2D eigenvalue weighted by Gasteiger charge is 2.16. The van der Waals surface area contributed by atoms with Crippen LogP contribution in [0.15, 0.2) is 194 Å². The highest BCUT2D eigenvalue weighted by molar-refractivity contribution is 6.06. The zero-order chi connectivity index (χ0) is 34.9. The summed E-state index contributed by atoms with van der Waals surface area (Å²) >= 11 is 0. The molecule has 8 aromatic carbocycles. The van der Waals surface area contributed by atoms with Crippen molar-refractivity contribution < 1.29 is 4.39 Å². The fourth-order valence-electron chi connectivity index (χ4n) is 6.89. The second kappa shape index (κ2) is 13.4. The largest absolute Gasteiger partial charge is 0.311 e. The molecule has 1 aromatic heterocycles. The van der Waals surface area contributed by atoms with E-state index >= 15 is 0 Å². The van der Waals surface area contributed by atoms with Crippen molar-refractivity contribution in [2.75, 3.05) is 4.90 Å². The molecule has 0 aliphatic carbocycles. The molecule has 0 saturated carbocycles. The number of hydrogen-bond acceptors (Lipinski definition) is 3. The van der Waals surface area contributed by atoms with Crippen LogP contribution in [0.1, 0.15) is 0 Å². The van der Waals surface area contributed by atoms with E-state index in [2.05, 4.69) is 132 Å². The minimum Gasteiger partial charge on any atom is -0.311 e. The maximum absolute atomic E-state index is 13.5. The number of fused-ring (bicyclic) bond motifs is 3. The SMILES string of the molecule is Fc1ccc(-c2ccc(N(c3ccccc3)c3ccc(-c4ccc5c(ccc6nc(-c7ccccc7)c(-c7ccccc7)nc65)c4)cc3)cc2)cc1. The van der Waals surface area contributed by atoms with Gasteiger partial charge in [0.1, 0.15) is 5.82 Å². The van der Waals surface area contributed by atoms with Gasteiger partial charge in [0, 0.05) is 33.6 Å². The molecule has 0 aliphatic rings. The van der Waals surface area contributed by atoms with Crippen LogP contribution in [0.2, 0.25) is 0 Å². The highest BCUT2D eigenvalue weighted by Crippen LogP contribution is 2.38. The van der Waals surface area contributed by atoms with Gasteiger partial charge in [-0.25, -0.2) is 14.4 Å². The van der Waals surface area contributed by atoms with Crippen LogP contribution in [0.25, 0.3) is 66.6 Å². The van der Waals surface area contributed by atoms with Gasteiger partial charge >= 0.3 is 0 Å². The molecule has 0 atom stereocenters. The Kier molecular flexibility index (Phi) is 8.03. The first kappa shape index (κ1) is 31.1. The van der Waals surface area contributed by atoms with Gasteiger partial charge in [0.15, 0.2) is 0 Å². The molecule has 0 bridgehead atoms. The number of aromatic nitrogens is 2. The van der Waals surface area contributed by atoms with Gasteiger partial charge in [0.05, 0.1) is 22.4 Å². The van der Waals surface area contributed by atoms with Crippen LogP contribution in [0.4, 0.5) is 21.5 Å². The van der Waals surface area contributed by atoms with E-state index in [-0.39, 0.29) is 5.82 Å². The van der Waals surface area contributed by atoms with E-state index < -0.39 is 0 Å². The molecule has 3 nitrogen and oxygen atoms in total. The van der Waals surface area contributed by atoms with Crippen molar-refractivity contribution in [2.24, 2.45) is 0 Å². The Morgan fingerprint density at radius 1 is 0.365 bits per heavy atom. The quantitative estimate of drug-likeness (QED) is 0.158. The fourth-order valence-corrected chi connectivity index (χ4v) is 6.89. The smallest absolute Gasteiger partial charge is 0.123 e. The first-order valence-electron chi connectivity index (χ1n) is 17.3. The molecular weight excluding hydrogens is 638 g/mol. The molecule has 1 heterocycles. The summed E-state index contributed by atoms with van der Waals surface area (Å²) in [4.78, 5) is 12.7.